The number of carbonyl (C=O) groups is 3. The van der Waals surface area contributed by atoms with Gasteiger partial charge >= 0.3 is 5.97 Å². The first-order chi connectivity index (χ1) is 9.88. The average molecular weight is 290 g/mol. The summed E-state index contributed by atoms with van der Waals surface area (Å²) in [5.74, 6) is -1.18. The van der Waals surface area contributed by atoms with Gasteiger partial charge in [0.25, 0.3) is 0 Å². The van der Waals surface area contributed by atoms with E-state index in [4.69, 9.17) is 5.11 Å². The maximum Gasteiger partial charge on any atom is 0.335 e. The van der Waals surface area contributed by atoms with Gasteiger partial charge in [0, 0.05) is 19.2 Å². The molecule has 2 amide bonds. The highest BCUT2D eigenvalue weighted by Gasteiger charge is 2.36. The minimum atomic E-state index is -1.05. The minimum absolute atomic E-state index is 0.107. The zero-order valence-corrected chi connectivity index (χ0v) is 12.0. The first-order valence-electron chi connectivity index (χ1n) is 6.80. The van der Waals surface area contributed by atoms with Gasteiger partial charge < -0.3 is 15.3 Å². The summed E-state index contributed by atoms with van der Waals surface area (Å²) >= 11 is 0. The second kappa shape index (κ2) is 5.95. The van der Waals surface area contributed by atoms with Gasteiger partial charge in [0.15, 0.2) is 0 Å². The Kier molecular flexibility index (Phi) is 4.26. The number of hydrogen-bond donors (Lipinski definition) is 2. The number of carbonyl (C=O) groups excluding carboxylic acids is 2. The zero-order chi connectivity index (χ0) is 15.6. The molecular weight excluding hydrogens is 272 g/mol. The molecular formula is C15H18N2O4. The Hall–Kier alpha value is -2.37. The average Bonchev–Trinajstić information content (AvgIpc) is 2.81. The van der Waals surface area contributed by atoms with Gasteiger partial charge in [-0.2, -0.15) is 0 Å². The van der Waals surface area contributed by atoms with Gasteiger partial charge in [-0.05, 0) is 30.5 Å². The monoisotopic (exact) mass is 290 g/mol. The highest BCUT2D eigenvalue weighted by atomic mass is 16.4. The van der Waals surface area contributed by atoms with E-state index in [0.29, 0.717) is 18.7 Å². The Bertz CT molecular complexity index is 585. The summed E-state index contributed by atoms with van der Waals surface area (Å²) in [6.45, 7) is 4.01. The quantitative estimate of drug-likeness (QED) is 0.885. The maximum atomic E-state index is 12.3. The van der Waals surface area contributed by atoms with E-state index in [9.17, 15) is 14.4 Å². The van der Waals surface area contributed by atoms with Crippen molar-refractivity contribution >= 4 is 23.5 Å². The highest BCUT2D eigenvalue weighted by molar-refractivity contribution is 5.98. The van der Waals surface area contributed by atoms with E-state index in [1.54, 1.807) is 17.0 Å². The normalized spacial score (nSPS) is 21.1. The number of benzene rings is 1. The maximum absolute atomic E-state index is 12.3. The fourth-order valence-corrected chi connectivity index (χ4v) is 2.60. The van der Waals surface area contributed by atoms with Crippen LogP contribution in [0.15, 0.2) is 24.3 Å². The summed E-state index contributed by atoms with van der Waals surface area (Å²) in [7, 11) is 0. The van der Waals surface area contributed by atoms with E-state index in [1.807, 2.05) is 6.92 Å². The predicted octanol–water partition coefficient (Wildman–Crippen LogP) is 1.58. The molecule has 6 nitrogen and oxygen atoms in total. The number of likely N-dealkylation sites (tertiary alicyclic amines) is 1. The summed E-state index contributed by atoms with van der Waals surface area (Å²) in [6, 6.07) is 5.56. The van der Waals surface area contributed by atoms with Crippen LogP contribution in [0.4, 0.5) is 5.69 Å². The van der Waals surface area contributed by atoms with E-state index >= 15 is 0 Å². The number of carboxylic acids is 1. The fraction of sp³-hybridized carbons (Fsp3) is 0.400. The summed E-state index contributed by atoms with van der Waals surface area (Å²) in [5.41, 5.74) is 0.527. The molecule has 1 aromatic carbocycles. The van der Waals surface area contributed by atoms with Crippen LogP contribution in [0.3, 0.4) is 0 Å². The van der Waals surface area contributed by atoms with Crippen molar-refractivity contribution in [2.24, 2.45) is 5.92 Å². The largest absolute Gasteiger partial charge is 0.478 e. The van der Waals surface area contributed by atoms with Crippen LogP contribution in [-0.2, 0) is 9.59 Å². The fourth-order valence-electron chi connectivity index (χ4n) is 2.60. The lowest BCUT2D eigenvalue weighted by Crippen LogP contribution is -2.42. The third-order valence-corrected chi connectivity index (χ3v) is 3.59. The van der Waals surface area contributed by atoms with Gasteiger partial charge in [-0.3, -0.25) is 9.59 Å². The Morgan fingerprint density at radius 2 is 2.05 bits per heavy atom. The number of nitrogens with one attached hydrogen (secondary N) is 1. The van der Waals surface area contributed by atoms with Crippen LogP contribution < -0.4 is 5.32 Å². The van der Waals surface area contributed by atoms with E-state index in [1.165, 1.54) is 19.1 Å². The molecule has 1 heterocycles. The molecule has 1 fully saturated rings. The highest BCUT2D eigenvalue weighted by Crippen LogP contribution is 2.24. The second-order valence-electron chi connectivity index (χ2n) is 5.40. The van der Waals surface area contributed by atoms with Crippen molar-refractivity contribution in [3.8, 4) is 0 Å². The number of aromatic carboxylic acids is 1. The van der Waals surface area contributed by atoms with Gasteiger partial charge in [-0.15, -0.1) is 0 Å². The molecule has 6 heteroatoms. The Labute approximate surface area is 122 Å². The van der Waals surface area contributed by atoms with Crippen molar-refractivity contribution < 1.29 is 19.5 Å². The van der Waals surface area contributed by atoms with Crippen LogP contribution >= 0.6 is 0 Å². The molecule has 1 saturated heterocycles. The van der Waals surface area contributed by atoms with Crippen molar-refractivity contribution in [2.75, 3.05) is 11.9 Å². The van der Waals surface area contributed by atoms with Crippen LogP contribution in [0.5, 0.6) is 0 Å². The number of nitrogens with zero attached hydrogens (tertiary/aromatic N) is 1. The molecule has 0 spiro atoms. The van der Waals surface area contributed by atoms with E-state index in [0.717, 1.165) is 0 Å². The van der Waals surface area contributed by atoms with Crippen molar-refractivity contribution in [3.63, 3.8) is 0 Å². The molecule has 21 heavy (non-hydrogen) atoms. The summed E-state index contributed by atoms with van der Waals surface area (Å²) in [6.07, 6.45) is 0.615. The van der Waals surface area contributed by atoms with Gasteiger partial charge in [-0.25, -0.2) is 4.79 Å². The third kappa shape index (κ3) is 3.39. The number of carboxylic acid groups (broad SMARTS) is 1. The molecule has 1 aliphatic rings. The standard InChI is InChI=1S/C15H18N2O4/c1-9-6-13(17(8-9)10(2)18)14(19)16-12-5-3-4-11(7-12)15(20)21/h3-5,7,9,13H,6,8H2,1-2H3,(H,16,19)(H,20,21). The molecule has 0 radical (unpaired) electrons. The molecule has 2 unspecified atom stereocenters. The van der Waals surface area contributed by atoms with Gasteiger partial charge in [-0.1, -0.05) is 13.0 Å². The molecule has 1 aromatic rings. The first kappa shape index (κ1) is 15.0. The number of amides is 2. The Balaban J connectivity index is 2.12. The van der Waals surface area contributed by atoms with Crippen LogP contribution in [0.1, 0.15) is 30.6 Å². The Morgan fingerprint density at radius 3 is 2.67 bits per heavy atom. The lowest BCUT2D eigenvalue weighted by atomic mass is 10.1. The van der Waals surface area contributed by atoms with Crippen LogP contribution in [0.25, 0.3) is 0 Å². The molecule has 2 atom stereocenters. The summed E-state index contributed by atoms with van der Waals surface area (Å²) < 4.78 is 0. The van der Waals surface area contributed by atoms with Crippen LogP contribution in [0, 0.1) is 5.92 Å². The number of hydrogen-bond acceptors (Lipinski definition) is 3. The SMILES string of the molecule is CC(=O)N1CC(C)CC1C(=O)Nc1cccc(C(=O)O)c1. The predicted molar refractivity (Wildman–Crippen MR) is 77.0 cm³/mol. The van der Waals surface area contributed by atoms with E-state index in [-0.39, 0.29) is 23.3 Å². The molecule has 112 valence electrons. The van der Waals surface area contributed by atoms with Crippen molar-refractivity contribution in [3.05, 3.63) is 29.8 Å². The molecule has 0 saturated carbocycles. The lowest BCUT2D eigenvalue weighted by Gasteiger charge is -2.22. The topological polar surface area (TPSA) is 86.7 Å². The number of rotatable bonds is 3. The molecule has 0 aliphatic carbocycles. The van der Waals surface area contributed by atoms with Gasteiger partial charge in [0.2, 0.25) is 11.8 Å². The van der Waals surface area contributed by atoms with Crippen molar-refractivity contribution in [1.82, 2.24) is 4.90 Å². The van der Waals surface area contributed by atoms with Crippen LogP contribution in [-0.4, -0.2) is 40.4 Å². The number of anilines is 1. The summed E-state index contributed by atoms with van der Waals surface area (Å²) in [5, 5.41) is 11.6. The molecule has 0 aromatic heterocycles. The third-order valence-electron chi connectivity index (χ3n) is 3.59. The molecule has 2 rings (SSSR count). The smallest absolute Gasteiger partial charge is 0.335 e. The van der Waals surface area contributed by atoms with E-state index < -0.39 is 12.0 Å². The van der Waals surface area contributed by atoms with Gasteiger partial charge in [0.05, 0.1) is 5.56 Å². The Morgan fingerprint density at radius 1 is 1.33 bits per heavy atom. The first-order valence-corrected chi connectivity index (χ1v) is 6.80. The van der Waals surface area contributed by atoms with E-state index in [2.05, 4.69) is 5.32 Å². The second-order valence-corrected chi connectivity index (χ2v) is 5.40. The van der Waals surface area contributed by atoms with Gasteiger partial charge in [0.1, 0.15) is 6.04 Å². The molecule has 2 N–H and O–H groups in total. The molecule has 0 bridgehead atoms. The minimum Gasteiger partial charge on any atom is -0.478 e. The van der Waals surface area contributed by atoms with Crippen molar-refractivity contribution in [2.45, 2.75) is 26.3 Å². The zero-order valence-electron chi connectivity index (χ0n) is 12.0. The molecule has 1 aliphatic heterocycles. The van der Waals surface area contributed by atoms with Crippen molar-refractivity contribution in [1.29, 1.82) is 0 Å². The summed E-state index contributed by atoms with van der Waals surface area (Å²) in [4.78, 5) is 36.3. The van der Waals surface area contributed by atoms with Crippen LogP contribution in [0.2, 0.25) is 0 Å². The lowest BCUT2D eigenvalue weighted by molar-refractivity contribution is -0.134.